The Labute approximate surface area is 151 Å². The van der Waals surface area contributed by atoms with Gasteiger partial charge in [-0.2, -0.15) is 0 Å². The van der Waals surface area contributed by atoms with Crippen LogP contribution in [0, 0.1) is 0 Å². The SMILES string of the molecule is CC(NC(=O)CCn1cnc2sccc2c1=O)c1cccc(Br)c1. The fourth-order valence-corrected chi connectivity index (χ4v) is 3.59. The molecule has 1 aromatic carbocycles. The normalized spacial score (nSPS) is 12.2. The van der Waals surface area contributed by atoms with E-state index in [-0.39, 0.29) is 23.9 Å². The average molecular weight is 406 g/mol. The molecule has 0 aliphatic carbocycles. The van der Waals surface area contributed by atoms with E-state index < -0.39 is 0 Å². The Bertz CT molecular complexity index is 935. The van der Waals surface area contributed by atoms with Gasteiger partial charge in [0.15, 0.2) is 0 Å². The highest BCUT2D eigenvalue weighted by Gasteiger charge is 2.11. The van der Waals surface area contributed by atoms with Crippen molar-refractivity contribution in [3.63, 3.8) is 0 Å². The van der Waals surface area contributed by atoms with E-state index in [1.807, 2.05) is 36.6 Å². The van der Waals surface area contributed by atoms with Crippen molar-refractivity contribution < 1.29 is 4.79 Å². The number of benzene rings is 1. The molecule has 2 aromatic heterocycles. The van der Waals surface area contributed by atoms with Crippen LogP contribution < -0.4 is 10.9 Å². The molecule has 7 heteroatoms. The molecule has 1 amide bonds. The smallest absolute Gasteiger partial charge is 0.262 e. The molecule has 1 N–H and O–H groups in total. The van der Waals surface area contributed by atoms with Gasteiger partial charge >= 0.3 is 0 Å². The third kappa shape index (κ3) is 3.73. The Hall–Kier alpha value is -1.99. The van der Waals surface area contributed by atoms with Gasteiger partial charge in [0.2, 0.25) is 5.91 Å². The van der Waals surface area contributed by atoms with Crippen LogP contribution in [0.3, 0.4) is 0 Å². The van der Waals surface area contributed by atoms with Gasteiger partial charge in [0, 0.05) is 17.4 Å². The number of rotatable bonds is 5. The van der Waals surface area contributed by atoms with Gasteiger partial charge in [-0.3, -0.25) is 14.2 Å². The molecular formula is C17H16BrN3O2S. The van der Waals surface area contributed by atoms with Gasteiger partial charge in [0.05, 0.1) is 17.8 Å². The summed E-state index contributed by atoms with van der Waals surface area (Å²) in [7, 11) is 0. The third-order valence-electron chi connectivity index (χ3n) is 3.76. The van der Waals surface area contributed by atoms with Gasteiger partial charge in [-0.1, -0.05) is 28.1 Å². The first-order valence-corrected chi connectivity index (χ1v) is 9.19. The maximum Gasteiger partial charge on any atom is 0.262 e. The quantitative estimate of drug-likeness (QED) is 0.706. The summed E-state index contributed by atoms with van der Waals surface area (Å²) in [6.07, 6.45) is 1.74. The summed E-state index contributed by atoms with van der Waals surface area (Å²) >= 11 is 4.86. The van der Waals surface area contributed by atoms with Crippen molar-refractivity contribution in [1.29, 1.82) is 0 Å². The van der Waals surface area contributed by atoms with Gasteiger partial charge in [-0.05, 0) is 36.1 Å². The number of fused-ring (bicyclic) bond motifs is 1. The molecule has 3 aromatic rings. The van der Waals surface area contributed by atoms with Crippen molar-refractivity contribution in [3.8, 4) is 0 Å². The van der Waals surface area contributed by atoms with Crippen LogP contribution in [-0.2, 0) is 11.3 Å². The Kier molecular flexibility index (Phi) is 5.11. The van der Waals surface area contributed by atoms with Crippen LogP contribution in [-0.4, -0.2) is 15.5 Å². The van der Waals surface area contributed by atoms with Crippen LogP contribution in [0.25, 0.3) is 10.2 Å². The second-order valence-corrected chi connectivity index (χ2v) is 7.29. The highest BCUT2D eigenvalue weighted by Crippen LogP contribution is 2.18. The predicted molar refractivity (Wildman–Crippen MR) is 99.2 cm³/mol. The van der Waals surface area contributed by atoms with Crippen molar-refractivity contribution in [1.82, 2.24) is 14.9 Å². The van der Waals surface area contributed by atoms with E-state index in [0.29, 0.717) is 11.9 Å². The summed E-state index contributed by atoms with van der Waals surface area (Å²) in [4.78, 5) is 29.4. The minimum atomic E-state index is -0.103. The first kappa shape index (κ1) is 16.9. The summed E-state index contributed by atoms with van der Waals surface area (Å²) in [6.45, 7) is 2.25. The van der Waals surface area contributed by atoms with Gasteiger partial charge in [-0.25, -0.2) is 4.98 Å². The van der Waals surface area contributed by atoms with Crippen LogP contribution in [0.1, 0.15) is 24.9 Å². The lowest BCUT2D eigenvalue weighted by molar-refractivity contribution is -0.121. The zero-order valence-corrected chi connectivity index (χ0v) is 15.4. The van der Waals surface area contributed by atoms with Gasteiger partial charge < -0.3 is 5.32 Å². The molecule has 0 aliphatic rings. The first-order chi connectivity index (χ1) is 11.5. The van der Waals surface area contributed by atoms with Crippen LogP contribution in [0.15, 0.2) is 51.3 Å². The van der Waals surface area contributed by atoms with E-state index in [0.717, 1.165) is 14.9 Å². The fourth-order valence-electron chi connectivity index (χ4n) is 2.45. The minimum Gasteiger partial charge on any atom is -0.350 e. The number of amides is 1. The monoisotopic (exact) mass is 405 g/mol. The molecule has 0 radical (unpaired) electrons. The molecule has 0 aliphatic heterocycles. The zero-order valence-electron chi connectivity index (χ0n) is 13.0. The van der Waals surface area contributed by atoms with Gasteiger partial charge in [-0.15, -0.1) is 11.3 Å². The molecule has 0 fully saturated rings. The second kappa shape index (κ2) is 7.27. The predicted octanol–water partition coefficient (Wildman–Crippen LogP) is 3.49. The van der Waals surface area contributed by atoms with E-state index in [1.54, 1.807) is 6.07 Å². The van der Waals surface area contributed by atoms with Crippen molar-refractivity contribution in [2.24, 2.45) is 0 Å². The molecule has 124 valence electrons. The maximum atomic E-state index is 12.3. The minimum absolute atomic E-state index is 0.0933. The van der Waals surface area contributed by atoms with Crippen LogP contribution in [0.4, 0.5) is 0 Å². The van der Waals surface area contributed by atoms with Crippen LogP contribution in [0.5, 0.6) is 0 Å². The number of hydrogen-bond acceptors (Lipinski definition) is 4. The summed E-state index contributed by atoms with van der Waals surface area (Å²) in [5, 5.41) is 5.40. The van der Waals surface area contributed by atoms with E-state index in [4.69, 9.17) is 0 Å². The summed E-state index contributed by atoms with van der Waals surface area (Å²) in [5.74, 6) is -0.0974. The van der Waals surface area contributed by atoms with Crippen molar-refractivity contribution in [2.45, 2.75) is 25.9 Å². The lowest BCUT2D eigenvalue weighted by atomic mass is 10.1. The van der Waals surface area contributed by atoms with Crippen LogP contribution in [0.2, 0.25) is 0 Å². The van der Waals surface area contributed by atoms with E-state index in [9.17, 15) is 9.59 Å². The molecule has 0 spiro atoms. The standard InChI is InChI=1S/C17H16BrN3O2S/c1-11(12-3-2-4-13(18)9-12)20-15(22)5-7-21-10-19-16-14(17(21)23)6-8-24-16/h2-4,6,8-11H,5,7H2,1H3,(H,20,22). The highest BCUT2D eigenvalue weighted by molar-refractivity contribution is 9.10. The number of nitrogens with one attached hydrogen (secondary N) is 1. The molecule has 3 rings (SSSR count). The topological polar surface area (TPSA) is 64.0 Å². The summed E-state index contributed by atoms with van der Waals surface area (Å²) in [5.41, 5.74) is 0.922. The lowest BCUT2D eigenvalue weighted by Gasteiger charge is -2.15. The summed E-state index contributed by atoms with van der Waals surface area (Å²) < 4.78 is 2.46. The summed E-state index contributed by atoms with van der Waals surface area (Å²) in [6, 6.07) is 9.49. The molecule has 0 saturated heterocycles. The number of nitrogens with zero attached hydrogens (tertiary/aromatic N) is 2. The van der Waals surface area contributed by atoms with E-state index in [1.165, 1.54) is 22.2 Å². The number of carbonyl (C=O) groups excluding carboxylic acids is 1. The lowest BCUT2D eigenvalue weighted by Crippen LogP contribution is -2.29. The molecule has 2 heterocycles. The molecule has 1 atom stereocenters. The van der Waals surface area contributed by atoms with E-state index in [2.05, 4.69) is 26.2 Å². The number of carbonyl (C=O) groups is 1. The number of thiophene rings is 1. The van der Waals surface area contributed by atoms with Crippen molar-refractivity contribution in [2.75, 3.05) is 0 Å². The Morgan fingerprint density at radius 1 is 1.42 bits per heavy atom. The van der Waals surface area contributed by atoms with Crippen LogP contribution >= 0.6 is 27.3 Å². The molecule has 0 saturated carbocycles. The number of halogens is 1. The highest BCUT2D eigenvalue weighted by atomic mass is 79.9. The molecule has 0 bridgehead atoms. The second-order valence-electron chi connectivity index (χ2n) is 5.48. The van der Waals surface area contributed by atoms with Gasteiger partial charge in [0.25, 0.3) is 5.56 Å². The Balaban J connectivity index is 1.62. The fraction of sp³-hybridized carbons (Fsp3) is 0.235. The Morgan fingerprint density at radius 2 is 2.25 bits per heavy atom. The van der Waals surface area contributed by atoms with Gasteiger partial charge in [0.1, 0.15) is 4.83 Å². The zero-order chi connectivity index (χ0) is 17.1. The van der Waals surface area contributed by atoms with Crippen molar-refractivity contribution >= 4 is 43.4 Å². The number of aryl methyl sites for hydroxylation is 1. The molecular weight excluding hydrogens is 390 g/mol. The Morgan fingerprint density at radius 3 is 3.04 bits per heavy atom. The number of aromatic nitrogens is 2. The van der Waals surface area contributed by atoms with Crippen molar-refractivity contribution in [3.05, 3.63) is 62.4 Å². The first-order valence-electron chi connectivity index (χ1n) is 7.52. The largest absolute Gasteiger partial charge is 0.350 e. The third-order valence-corrected chi connectivity index (χ3v) is 5.07. The molecule has 24 heavy (non-hydrogen) atoms. The molecule has 5 nitrogen and oxygen atoms in total. The number of hydrogen-bond donors (Lipinski definition) is 1. The van der Waals surface area contributed by atoms with E-state index >= 15 is 0 Å². The maximum absolute atomic E-state index is 12.3. The molecule has 1 unspecified atom stereocenters. The average Bonchev–Trinajstić information content (AvgIpc) is 3.03.